The summed E-state index contributed by atoms with van der Waals surface area (Å²) < 4.78 is 29.5. The summed E-state index contributed by atoms with van der Waals surface area (Å²) in [6, 6.07) is 13.7. The maximum absolute atomic E-state index is 12.3. The fraction of sp³-hybridized carbons (Fsp3) is 0.176. The summed E-state index contributed by atoms with van der Waals surface area (Å²) in [4.78, 5) is 16.8. The zero-order valence-electron chi connectivity index (χ0n) is 13.6. The number of hydrogen-bond acceptors (Lipinski definition) is 6. The van der Waals surface area contributed by atoms with Gasteiger partial charge in [-0.1, -0.05) is 29.5 Å². The van der Waals surface area contributed by atoms with Crippen molar-refractivity contribution in [3.8, 4) is 5.75 Å². The lowest BCUT2D eigenvalue weighted by atomic mass is 10.3. The molecule has 130 valence electrons. The van der Waals surface area contributed by atoms with E-state index in [1.54, 1.807) is 31.2 Å². The summed E-state index contributed by atoms with van der Waals surface area (Å²) in [5.74, 6) is 0.276. The number of para-hydroxylation sites is 1. The van der Waals surface area contributed by atoms with Gasteiger partial charge in [-0.05, 0) is 37.3 Å². The van der Waals surface area contributed by atoms with Crippen molar-refractivity contribution in [2.75, 3.05) is 11.6 Å². The molecular weight excluding hydrogens is 360 g/mol. The van der Waals surface area contributed by atoms with Gasteiger partial charge in [0.15, 0.2) is 21.1 Å². The lowest BCUT2D eigenvalue weighted by Crippen LogP contribution is -2.30. The average molecular weight is 376 g/mol. The number of ether oxygens (including phenoxy) is 1. The van der Waals surface area contributed by atoms with E-state index in [-0.39, 0.29) is 10.8 Å². The lowest BCUT2D eigenvalue weighted by molar-refractivity contribution is -0.122. The number of carbonyl (C=O) groups excluding carboxylic acids is 1. The largest absolute Gasteiger partial charge is 0.481 e. The highest BCUT2D eigenvalue weighted by atomic mass is 32.2. The topological polar surface area (TPSA) is 85.4 Å². The second-order valence-corrected chi connectivity index (χ2v) is 8.53. The first-order chi connectivity index (χ1) is 11.8. The molecule has 0 spiro atoms. The van der Waals surface area contributed by atoms with E-state index in [4.69, 9.17) is 4.74 Å². The Morgan fingerprint density at radius 1 is 1.20 bits per heavy atom. The van der Waals surface area contributed by atoms with Gasteiger partial charge >= 0.3 is 0 Å². The van der Waals surface area contributed by atoms with Gasteiger partial charge in [0.25, 0.3) is 5.91 Å². The van der Waals surface area contributed by atoms with E-state index in [9.17, 15) is 13.2 Å². The summed E-state index contributed by atoms with van der Waals surface area (Å²) in [5, 5.41) is 3.10. The van der Waals surface area contributed by atoms with Crippen molar-refractivity contribution in [3.63, 3.8) is 0 Å². The number of fused-ring (bicyclic) bond motifs is 1. The molecule has 6 nitrogen and oxygen atoms in total. The summed E-state index contributed by atoms with van der Waals surface area (Å²) in [6.07, 6.45) is 0.460. The molecule has 3 aromatic rings. The van der Waals surface area contributed by atoms with Gasteiger partial charge in [-0.25, -0.2) is 13.4 Å². The minimum atomic E-state index is -3.28. The molecule has 0 aliphatic carbocycles. The molecular formula is C17H16N2O4S2. The van der Waals surface area contributed by atoms with Crippen LogP contribution >= 0.6 is 11.3 Å². The van der Waals surface area contributed by atoms with Gasteiger partial charge in [-0.2, -0.15) is 0 Å². The third kappa shape index (κ3) is 4.15. The van der Waals surface area contributed by atoms with Crippen molar-refractivity contribution in [2.45, 2.75) is 17.9 Å². The molecule has 0 fully saturated rings. The van der Waals surface area contributed by atoms with Crippen molar-refractivity contribution < 1.29 is 17.9 Å². The number of benzene rings is 2. The van der Waals surface area contributed by atoms with Crippen LogP contribution in [0, 0.1) is 0 Å². The normalized spacial score (nSPS) is 12.7. The van der Waals surface area contributed by atoms with E-state index >= 15 is 0 Å². The highest BCUT2D eigenvalue weighted by molar-refractivity contribution is 7.90. The summed E-state index contributed by atoms with van der Waals surface area (Å²) in [7, 11) is -3.28. The number of sulfone groups is 1. The number of aromatic nitrogens is 1. The molecule has 0 aliphatic rings. The van der Waals surface area contributed by atoms with Gasteiger partial charge in [-0.15, -0.1) is 0 Å². The van der Waals surface area contributed by atoms with E-state index < -0.39 is 15.9 Å². The standard InChI is InChI=1S/C17H16N2O4S2/c1-11(23-12-6-4-3-5-7-12)16(20)19-17-18-14-9-8-13(25(2,21)22)10-15(14)24-17/h3-11H,1-2H3,(H,18,19,20)/t11-/m1/s1. The first-order valence-electron chi connectivity index (χ1n) is 7.46. The molecule has 8 heteroatoms. The molecule has 0 unspecified atom stereocenters. The summed E-state index contributed by atoms with van der Waals surface area (Å²) in [6.45, 7) is 1.65. The highest BCUT2D eigenvalue weighted by Crippen LogP contribution is 2.28. The van der Waals surface area contributed by atoms with Gasteiger partial charge < -0.3 is 4.74 Å². The van der Waals surface area contributed by atoms with Crippen LogP contribution in [0.3, 0.4) is 0 Å². The number of amides is 1. The van der Waals surface area contributed by atoms with Crippen LogP contribution in [0.15, 0.2) is 53.4 Å². The number of rotatable bonds is 5. The van der Waals surface area contributed by atoms with Crippen LogP contribution < -0.4 is 10.1 Å². The van der Waals surface area contributed by atoms with E-state index in [1.807, 2.05) is 18.2 Å². The van der Waals surface area contributed by atoms with Crippen LogP contribution in [-0.4, -0.2) is 31.7 Å². The first kappa shape index (κ1) is 17.4. The Morgan fingerprint density at radius 3 is 2.60 bits per heavy atom. The third-order valence-electron chi connectivity index (χ3n) is 3.44. The SMILES string of the molecule is C[C@@H](Oc1ccccc1)C(=O)Nc1nc2ccc(S(C)(=O)=O)cc2s1. The van der Waals surface area contributed by atoms with Crippen molar-refractivity contribution in [1.82, 2.24) is 4.98 Å². The van der Waals surface area contributed by atoms with Crippen LogP contribution in [0.5, 0.6) is 5.75 Å². The minimum absolute atomic E-state index is 0.224. The van der Waals surface area contributed by atoms with Gasteiger partial charge in [0.05, 0.1) is 15.1 Å². The monoisotopic (exact) mass is 376 g/mol. The maximum atomic E-state index is 12.3. The highest BCUT2D eigenvalue weighted by Gasteiger charge is 2.17. The van der Waals surface area contributed by atoms with Gasteiger partial charge in [0.1, 0.15) is 5.75 Å². The van der Waals surface area contributed by atoms with E-state index in [2.05, 4.69) is 10.3 Å². The molecule has 1 heterocycles. The molecule has 1 N–H and O–H groups in total. The molecule has 1 aromatic heterocycles. The van der Waals surface area contributed by atoms with Crippen LogP contribution in [0.2, 0.25) is 0 Å². The summed E-state index contributed by atoms with van der Waals surface area (Å²) >= 11 is 1.22. The quantitative estimate of drug-likeness (QED) is 0.739. The summed E-state index contributed by atoms with van der Waals surface area (Å²) in [5.41, 5.74) is 0.629. The number of hydrogen-bond donors (Lipinski definition) is 1. The molecule has 2 aromatic carbocycles. The molecule has 3 rings (SSSR count). The molecule has 0 bridgehead atoms. The number of carbonyl (C=O) groups is 1. The lowest BCUT2D eigenvalue weighted by Gasteiger charge is -2.13. The Morgan fingerprint density at radius 2 is 1.92 bits per heavy atom. The van der Waals surface area contributed by atoms with E-state index in [0.29, 0.717) is 21.1 Å². The molecule has 1 amide bonds. The van der Waals surface area contributed by atoms with Crippen molar-refractivity contribution in [3.05, 3.63) is 48.5 Å². The number of anilines is 1. The molecule has 25 heavy (non-hydrogen) atoms. The fourth-order valence-electron chi connectivity index (χ4n) is 2.15. The van der Waals surface area contributed by atoms with Gasteiger partial charge in [0, 0.05) is 6.26 Å². The van der Waals surface area contributed by atoms with Crippen molar-refractivity contribution in [2.24, 2.45) is 0 Å². The van der Waals surface area contributed by atoms with Crippen LogP contribution in [0.25, 0.3) is 10.2 Å². The molecule has 0 aliphatic heterocycles. The zero-order chi connectivity index (χ0) is 18.0. The fourth-order valence-corrected chi connectivity index (χ4v) is 3.78. The number of nitrogens with one attached hydrogen (secondary N) is 1. The first-order valence-corrected chi connectivity index (χ1v) is 10.2. The van der Waals surface area contributed by atoms with Crippen LogP contribution in [-0.2, 0) is 14.6 Å². The molecule has 1 atom stereocenters. The Hall–Kier alpha value is -2.45. The number of thiazole rings is 1. The zero-order valence-corrected chi connectivity index (χ0v) is 15.2. The number of nitrogens with zero attached hydrogens (tertiary/aromatic N) is 1. The maximum Gasteiger partial charge on any atom is 0.266 e. The van der Waals surface area contributed by atoms with Gasteiger partial charge in [-0.3, -0.25) is 10.1 Å². The predicted molar refractivity (Wildman–Crippen MR) is 97.9 cm³/mol. The van der Waals surface area contributed by atoms with Gasteiger partial charge in [0.2, 0.25) is 0 Å². The third-order valence-corrected chi connectivity index (χ3v) is 5.49. The Labute approximate surface area is 149 Å². The van der Waals surface area contributed by atoms with E-state index in [1.165, 1.54) is 17.4 Å². The van der Waals surface area contributed by atoms with Crippen LogP contribution in [0.4, 0.5) is 5.13 Å². The van der Waals surface area contributed by atoms with Crippen molar-refractivity contribution in [1.29, 1.82) is 0 Å². The smallest absolute Gasteiger partial charge is 0.266 e. The molecule has 0 radical (unpaired) electrons. The van der Waals surface area contributed by atoms with Crippen molar-refractivity contribution >= 4 is 42.4 Å². The molecule has 0 saturated carbocycles. The van der Waals surface area contributed by atoms with E-state index in [0.717, 1.165) is 6.26 Å². The van der Waals surface area contributed by atoms with Crippen LogP contribution in [0.1, 0.15) is 6.92 Å². The Bertz CT molecular complexity index is 1010. The Kier molecular flexibility index (Phi) is 4.73. The Balaban J connectivity index is 1.75. The predicted octanol–water partition coefficient (Wildman–Crippen LogP) is 3.11. The molecule has 0 saturated heterocycles. The average Bonchev–Trinajstić information content (AvgIpc) is 2.96. The second kappa shape index (κ2) is 6.81. The minimum Gasteiger partial charge on any atom is -0.481 e. The second-order valence-electron chi connectivity index (χ2n) is 5.48.